The van der Waals surface area contributed by atoms with Gasteiger partial charge in [0.1, 0.15) is 11.6 Å². The van der Waals surface area contributed by atoms with Crippen LogP contribution in [0.2, 0.25) is 0 Å². The van der Waals surface area contributed by atoms with Crippen molar-refractivity contribution >= 4 is 40.2 Å². The Morgan fingerprint density at radius 2 is 1.64 bits per heavy atom. The van der Waals surface area contributed by atoms with E-state index in [0.29, 0.717) is 53.6 Å². The summed E-state index contributed by atoms with van der Waals surface area (Å²) < 4.78 is 13.2. The smallest absolute Gasteiger partial charge is 0.336 e. The number of carboxylic acid groups (broad SMARTS) is 1. The lowest BCUT2D eigenvalue weighted by atomic mass is 10.1. The number of halogens is 1. The zero-order chi connectivity index (χ0) is 25.1. The molecule has 36 heavy (non-hydrogen) atoms. The van der Waals surface area contributed by atoms with Crippen LogP contribution in [0.4, 0.5) is 21.8 Å². The summed E-state index contributed by atoms with van der Waals surface area (Å²) in [5.41, 5.74) is 1.32. The standard InChI is InChI=1S/C26H23FN6O3/c27-18-5-3-17(4-6-18)24(34)30-19-7-8-22-20(15-19)21(25(35)36)16-23(31-22)32-11-2-12-33(14-13-32)26-28-9-1-10-29-26/h1,3-10,15-16H,2,11-14H2,(H,30,34)(H,35,36). The summed E-state index contributed by atoms with van der Waals surface area (Å²) in [6.45, 7) is 2.83. The van der Waals surface area contributed by atoms with Gasteiger partial charge in [-0.3, -0.25) is 4.79 Å². The van der Waals surface area contributed by atoms with Crippen LogP contribution in [0.15, 0.2) is 67.0 Å². The predicted molar refractivity (Wildman–Crippen MR) is 134 cm³/mol. The third-order valence-corrected chi connectivity index (χ3v) is 6.04. The van der Waals surface area contributed by atoms with Gasteiger partial charge in [0.2, 0.25) is 5.95 Å². The van der Waals surface area contributed by atoms with Crippen LogP contribution in [0, 0.1) is 5.82 Å². The molecule has 2 N–H and O–H groups in total. The molecule has 4 aromatic rings. The summed E-state index contributed by atoms with van der Waals surface area (Å²) >= 11 is 0. The molecule has 1 fully saturated rings. The van der Waals surface area contributed by atoms with E-state index in [1.807, 2.05) is 0 Å². The number of nitrogens with one attached hydrogen (secondary N) is 1. The van der Waals surface area contributed by atoms with Crippen molar-refractivity contribution in [2.45, 2.75) is 6.42 Å². The Morgan fingerprint density at radius 1 is 0.917 bits per heavy atom. The Bertz CT molecular complexity index is 1410. The Labute approximate surface area is 206 Å². The van der Waals surface area contributed by atoms with Crippen molar-refractivity contribution in [2.75, 3.05) is 41.3 Å². The first kappa shape index (κ1) is 23.2. The van der Waals surface area contributed by atoms with Gasteiger partial charge in [-0.15, -0.1) is 0 Å². The maximum absolute atomic E-state index is 13.2. The first-order valence-electron chi connectivity index (χ1n) is 11.5. The number of anilines is 3. The van der Waals surface area contributed by atoms with Gasteiger partial charge >= 0.3 is 5.97 Å². The number of aromatic carboxylic acids is 1. The number of amides is 1. The van der Waals surface area contributed by atoms with E-state index >= 15 is 0 Å². The highest BCUT2D eigenvalue weighted by atomic mass is 19.1. The fourth-order valence-electron chi connectivity index (χ4n) is 4.23. The first-order chi connectivity index (χ1) is 17.5. The van der Waals surface area contributed by atoms with E-state index in [1.165, 1.54) is 24.3 Å². The van der Waals surface area contributed by atoms with Gasteiger partial charge in [0.25, 0.3) is 5.91 Å². The van der Waals surface area contributed by atoms with Crippen molar-refractivity contribution in [3.05, 3.63) is 83.9 Å². The number of nitrogens with zero attached hydrogens (tertiary/aromatic N) is 5. The number of carbonyl (C=O) groups is 2. The van der Waals surface area contributed by atoms with Crippen LogP contribution >= 0.6 is 0 Å². The number of benzene rings is 2. The van der Waals surface area contributed by atoms with Gasteiger partial charge < -0.3 is 20.2 Å². The molecule has 0 saturated carbocycles. The van der Waals surface area contributed by atoms with E-state index in [2.05, 4.69) is 25.1 Å². The molecule has 0 atom stereocenters. The quantitative estimate of drug-likeness (QED) is 0.438. The van der Waals surface area contributed by atoms with Gasteiger partial charge in [-0.2, -0.15) is 0 Å². The molecule has 0 radical (unpaired) electrons. The van der Waals surface area contributed by atoms with Gasteiger partial charge in [0.15, 0.2) is 0 Å². The third kappa shape index (κ3) is 4.92. The Hall–Kier alpha value is -4.60. The third-order valence-electron chi connectivity index (χ3n) is 6.04. The predicted octanol–water partition coefficient (Wildman–Crippen LogP) is 3.83. The second-order valence-corrected chi connectivity index (χ2v) is 8.40. The minimum Gasteiger partial charge on any atom is -0.478 e. The molecule has 0 bridgehead atoms. The second-order valence-electron chi connectivity index (χ2n) is 8.40. The number of rotatable bonds is 5. The normalized spacial score (nSPS) is 13.9. The molecule has 2 aromatic carbocycles. The molecule has 10 heteroatoms. The van der Waals surface area contributed by atoms with Crippen LogP contribution in [0.5, 0.6) is 0 Å². The molecule has 1 saturated heterocycles. The number of carbonyl (C=O) groups excluding carboxylic acids is 1. The van der Waals surface area contributed by atoms with E-state index in [4.69, 9.17) is 4.98 Å². The van der Waals surface area contributed by atoms with Crippen molar-refractivity contribution < 1.29 is 19.1 Å². The van der Waals surface area contributed by atoms with Crippen LogP contribution in [0.3, 0.4) is 0 Å². The maximum atomic E-state index is 13.2. The highest BCUT2D eigenvalue weighted by Gasteiger charge is 2.21. The largest absolute Gasteiger partial charge is 0.478 e. The van der Waals surface area contributed by atoms with Crippen molar-refractivity contribution in [3.8, 4) is 0 Å². The fraction of sp³-hybridized carbons (Fsp3) is 0.192. The fourth-order valence-corrected chi connectivity index (χ4v) is 4.23. The summed E-state index contributed by atoms with van der Waals surface area (Å²) in [5.74, 6) is -0.686. The molecule has 0 aliphatic carbocycles. The second kappa shape index (κ2) is 9.95. The highest BCUT2D eigenvalue weighted by molar-refractivity contribution is 6.08. The monoisotopic (exact) mass is 486 g/mol. The average Bonchev–Trinajstić information content (AvgIpc) is 3.15. The van der Waals surface area contributed by atoms with Crippen molar-refractivity contribution in [2.24, 2.45) is 0 Å². The first-order valence-corrected chi connectivity index (χ1v) is 11.5. The number of pyridine rings is 1. The summed E-state index contributed by atoms with van der Waals surface area (Å²) in [6, 6.07) is 13.5. The minimum atomic E-state index is -1.08. The zero-order valence-corrected chi connectivity index (χ0v) is 19.3. The van der Waals surface area contributed by atoms with Crippen molar-refractivity contribution in [1.29, 1.82) is 0 Å². The van der Waals surface area contributed by atoms with E-state index in [1.54, 1.807) is 42.7 Å². The summed E-state index contributed by atoms with van der Waals surface area (Å²) in [7, 11) is 0. The van der Waals surface area contributed by atoms with Gasteiger partial charge in [0, 0.05) is 55.2 Å². The molecule has 1 aliphatic rings. The van der Waals surface area contributed by atoms with Gasteiger partial charge in [-0.1, -0.05) is 0 Å². The molecule has 1 aliphatic heterocycles. The number of carboxylic acids is 1. The van der Waals surface area contributed by atoms with E-state index in [-0.39, 0.29) is 5.56 Å². The number of hydrogen-bond acceptors (Lipinski definition) is 7. The molecule has 3 heterocycles. The summed E-state index contributed by atoms with van der Waals surface area (Å²) in [4.78, 5) is 42.2. The lowest BCUT2D eigenvalue weighted by Gasteiger charge is -2.23. The molecule has 5 rings (SSSR count). The van der Waals surface area contributed by atoms with Gasteiger partial charge in [-0.25, -0.2) is 24.1 Å². The van der Waals surface area contributed by atoms with Crippen molar-refractivity contribution in [3.63, 3.8) is 0 Å². The number of hydrogen-bond donors (Lipinski definition) is 2. The van der Waals surface area contributed by atoms with Crippen molar-refractivity contribution in [1.82, 2.24) is 15.0 Å². The Kier molecular flexibility index (Phi) is 6.40. The Morgan fingerprint density at radius 3 is 2.39 bits per heavy atom. The number of fused-ring (bicyclic) bond motifs is 1. The van der Waals surface area contributed by atoms with Crippen LogP contribution in [0.25, 0.3) is 10.9 Å². The Balaban J connectivity index is 1.40. The number of aromatic nitrogens is 3. The van der Waals surface area contributed by atoms with Crippen LogP contribution in [0.1, 0.15) is 27.1 Å². The topological polar surface area (TPSA) is 112 Å². The molecule has 0 spiro atoms. The zero-order valence-electron chi connectivity index (χ0n) is 19.3. The molecule has 2 aromatic heterocycles. The average molecular weight is 487 g/mol. The van der Waals surface area contributed by atoms with Crippen LogP contribution < -0.4 is 15.1 Å². The highest BCUT2D eigenvalue weighted by Crippen LogP contribution is 2.27. The summed E-state index contributed by atoms with van der Waals surface area (Å²) in [6.07, 6.45) is 4.27. The van der Waals surface area contributed by atoms with Gasteiger partial charge in [-0.05, 0) is 61.0 Å². The van der Waals surface area contributed by atoms with Gasteiger partial charge in [0.05, 0.1) is 11.1 Å². The van der Waals surface area contributed by atoms with E-state index in [0.717, 1.165) is 13.0 Å². The summed E-state index contributed by atoms with van der Waals surface area (Å²) in [5, 5.41) is 13.1. The van der Waals surface area contributed by atoms with E-state index in [9.17, 15) is 19.1 Å². The molecule has 182 valence electrons. The SMILES string of the molecule is O=C(Nc1ccc2nc(N3CCCN(c4ncccn4)CC3)cc(C(=O)O)c2c1)c1ccc(F)cc1. The lowest BCUT2D eigenvalue weighted by molar-refractivity contribution is 0.0698. The molecule has 1 amide bonds. The molecular weight excluding hydrogens is 463 g/mol. The molecule has 9 nitrogen and oxygen atoms in total. The lowest BCUT2D eigenvalue weighted by Crippen LogP contribution is -2.32. The molecule has 0 unspecified atom stereocenters. The maximum Gasteiger partial charge on any atom is 0.336 e. The van der Waals surface area contributed by atoms with E-state index < -0.39 is 17.7 Å². The van der Waals surface area contributed by atoms with Crippen LogP contribution in [-0.2, 0) is 0 Å². The molecular formula is C26H23FN6O3. The minimum absolute atomic E-state index is 0.0976. The van der Waals surface area contributed by atoms with Crippen LogP contribution in [-0.4, -0.2) is 58.1 Å².